The highest BCUT2D eigenvalue weighted by Gasteiger charge is 2.34. The summed E-state index contributed by atoms with van der Waals surface area (Å²) in [6.45, 7) is 3.57. The lowest BCUT2D eigenvalue weighted by atomic mass is 9.95. The van der Waals surface area contributed by atoms with Gasteiger partial charge in [0.25, 0.3) is 0 Å². The Balaban J connectivity index is 2.36. The smallest absolute Gasteiger partial charge is 0.338 e. The van der Waals surface area contributed by atoms with Crippen LogP contribution in [0.2, 0.25) is 0 Å². The van der Waals surface area contributed by atoms with Crippen LogP contribution in [-0.4, -0.2) is 31.2 Å². The monoisotopic (exact) mass is 346 g/mol. The number of carbonyl (C=O) groups excluding carboxylic acids is 3. The summed E-state index contributed by atoms with van der Waals surface area (Å²) in [5.74, 6) is -0.951. The van der Waals surface area contributed by atoms with E-state index in [0.29, 0.717) is 6.42 Å². The van der Waals surface area contributed by atoms with Crippen LogP contribution in [0.5, 0.6) is 0 Å². The number of carbonyl (C=O) groups is 3. The quantitative estimate of drug-likeness (QED) is 0.738. The van der Waals surface area contributed by atoms with Gasteiger partial charge in [0.2, 0.25) is 0 Å². The molecule has 1 heterocycles. The maximum Gasteiger partial charge on any atom is 0.338 e. The first kappa shape index (κ1) is 18.5. The number of benzene rings is 1. The van der Waals surface area contributed by atoms with E-state index in [4.69, 9.17) is 9.47 Å². The van der Waals surface area contributed by atoms with Gasteiger partial charge in [0, 0.05) is 6.42 Å². The molecule has 0 bridgehead atoms. The van der Waals surface area contributed by atoms with Gasteiger partial charge in [-0.15, -0.1) is 0 Å². The number of ether oxygens (including phenoxy) is 2. The normalized spacial score (nSPS) is 16.7. The first-order valence-corrected chi connectivity index (χ1v) is 8.25. The molecule has 134 valence electrons. The van der Waals surface area contributed by atoms with E-state index in [9.17, 15) is 14.4 Å². The molecule has 0 unspecified atom stereocenters. The van der Waals surface area contributed by atoms with Crippen LogP contribution in [-0.2, 0) is 19.1 Å². The van der Waals surface area contributed by atoms with Gasteiger partial charge in [-0.1, -0.05) is 37.3 Å². The Hall–Kier alpha value is -2.83. The Morgan fingerprint density at radius 2 is 1.84 bits per heavy atom. The summed E-state index contributed by atoms with van der Waals surface area (Å²) >= 11 is 0. The molecule has 0 saturated heterocycles. The lowest BCUT2D eigenvalue weighted by molar-refractivity contribution is -0.143. The average Bonchev–Trinajstić information content (AvgIpc) is 2.60. The Bertz CT molecular complexity index is 669. The minimum atomic E-state index is -0.672. The summed E-state index contributed by atoms with van der Waals surface area (Å²) in [7, 11) is 0. The molecule has 2 amide bonds. The first-order chi connectivity index (χ1) is 12.1. The molecular formula is C18H22N2O5. The number of esters is 2. The molecule has 0 fully saturated rings. The highest BCUT2D eigenvalue weighted by atomic mass is 16.5. The van der Waals surface area contributed by atoms with E-state index in [1.54, 1.807) is 19.1 Å². The summed E-state index contributed by atoms with van der Waals surface area (Å²) in [6.07, 6.45) is 0.930. The second-order valence-corrected chi connectivity index (χ2v) is 5.47. The molecular weight excluding hydrogens is 324 g/mol. The zero-order valence-electron chi connectivity index (χ0n) is 14.3. The number of hydrogen-bond donors (Lipinski definition) is 2. The van der Waals surface area contributed by atoms with Crippen LogP contribution < -0.4 is 10.6 Å². The van der Waals surface area contributed by atoms with E-state index in [1.807, 2.05) is 25.1 Å². The summed E-state index contributed by atoms with van der Waals surface area (Å²) in [5.41, 5.74) is 1.20. The van der Waals surface area contributed by atoms with Gasteiger partial charge >= 0.3 is 18.0 Å². The Labute approximate surface area is 146 Å². The number of nitrogens with one attached hydrogen (secondary N) is 2. The Morgan fingerprint density at radius 3 is 2.48 bits per heavy atom. The van der Waals surface area contributed by atoms with Gasteiger partial charge < -0.3 is 20.1 Å². The summed E-state index contributed by atoms with van der Waals surface area (Å²) < 4.78 is 10.3. The summed E-state index contributed by atoms with van der Waals surface area (Å²) in [6, 6.07) is 7.93. The number of rotatable bonds is 7. The van der Waals surface area contributed by atoms with Crippen molar-refractivity contribution in [2.45, 2.75) is 32.7 Å². The van der Waals surface area contributed by atoms with Crippen LogP contribution in [0.1, 0.15) is 38.3 Å². The third-order valence-corrected chi connectivity index (χ3v) is 3.61. The van der Waals surface area contributed by atoms with Crippen molar-refractivity contribution in [3.8, 4) is 0 Å². The maximum atomic E-state index is 12.5. The van der Waals surface area contributed by atoms with Crippen molar-refractivity contribution < 1.29 is 23.9 Å². The minimum absolute atomic E-state index is 0.191. The van der Waals surface area contributed by atoms with E-state index in [-0.39, 0.29) is 36.9 Å². The van der Waals surface area contributed by atoms with Crippen molar-refractivity contribution in [1.29, 1.82) is 0 Å². The van der Waals surface area contributed by atoms with E-state index in [1.165, 1.54) is 0 Å². The van der Waals surface area contributed by atoms with E-state index in [0.717, 1.165) is 5.56 Å². The van der Waals surface area contributed by atoms with Gasteiger partial charge in [-0.3, -0.25) is 4.79 Å². The van der Waals surface area contributed by atoms with Crippen molar-refractivity contribution in [2.24, 2.45) is 0 Å². The molecule has 1 aromatic rings. The van der Waals surface area contributed by atoms with Crippen molar-refractivity contribution >= 4 is 18.0 Å². The molecule has 1 aromatic carbocycles. The van der Waals surface area contributed by atoms with Crippen LogP contribution >= 0.6 is 0 Å². The van der Waals surface area contributed by atoms with Gasteiger partial charge in [0.15, 0.2) is 0 Å². The second kappa shape index (κ2) is 8.86. The van der Waals surface area contributed by atoms with Crippen LogP contribution in [0.3, 0.4) is 0 Å². The Kier molecular flexibility index (Phi) is 6.56. The SMILES string of the molecule is CCCC(=O)OCC1=C(C(=O)OCC)[C@@H](c2ccccc2)NC(=O)N1. The fourth-order valence-corrected chi connectivity index (χ4v) is 2.51. The number of hydrogen-bond acceptors (Lipinski definition) is 5. The highest BCUT2D eigenvalue weighted by molar-refractivity contribution is 5.95. The van der Waals surface area contributed by atoms with E-state index in [2.05, 4.69) is 10.6 Å². The van der Waals surface area contributed by atoms with Crippen molar-refractivity contribution in [2.75, 3.05) is 13.2 Å². The van der Waals surface area contributed by atoms with Crippen LogP contribution in [0.15, 0.2) is 41.6 Å². The van der Waals surface area contributed by atoms with E-state index < -0.39 is 18.0 Å². The zero-order chi connectivity index (χ0) is 18.2. The molecule has 2 N–H and O–H groups in total. The van der Waals surface area contributed by atoms with Gasteiger partial charge in [0.1, 0.15) is 6.61 Å². The lowest BCUT2D eigenvalue weighted by Crippen LogP contribution is -2.47. The summed E-state index contributed by atoms with van der Waals surface area (Å²) in [4.78, 5) is 36.1. The molecule has 1 aliphatic rings. The molecule has 0 spiro atoms. The molecule has 0 radical (unpaired) electrons. The predicted octanol–water partition coefficient (Wildman–Crippen LogP) is 2.20. The lowest BCUT2D eigenvalue weighted by Gasteiger charge is -2.29. The zero-order valence-corrected chi connectivity index (χ0v) is 14.3. The van der Waals surface area contributed by atoms with Crippen LogP contribution in [0.4, 0.5) is 4.79 Å². The largest absolute Gasteiger partial charge is 0.463 e. The Morgan fingerprint density at radius 1 is 1.12 bits per heavy atom. The standard InChI is InChI=1S/C18H22N2O5/c1-3-8-14(21)25-11-13-15(17(22)24-4-2)16(20-18(23)19-13)12-9-6-5-7-10-12/h5-7,9-10,16H,3-4,8,11H2,1-2H3,(H2,19,20,23)/t16-/m1/s1. The van der Waals surface area contributed by atoms with Crippen LogP contribution in [0, 0.1) is 0 Å². The second-order valence-electron chi connectivity index (χ2n) is 5.47. The van der Waals surface area contributed by atoms with Crippen LogP contribution in [0.25, 0.3) is 0 Å². The first-order valence-electron chi connectivity index (χ1n) is 8.25. The third-order valence-electron chi connectivity index (χ3n) is 3.61. The predicted molar refractivity (Wildman–Crippen MR) is 90.4 cm³/mol. The molecule has 25 heavy (non-hydrogen) atoms. The van der Waals surface area contributed by atoms with Crippen molar-refractivity contribution in [3.63, 3.8) is 0 Å². The molecule has 2 rings (SSSR count). The fourth-order valence-electron chi connectivity index (χ4n) is 2.51. The van der Waals surface area contributed by atoms with Gasteiger partial charge in [-0.2, -0.15) is 0 Å². The molecule has 1 atom stereocenters. The number of amides is 2. The summed E-state index contributed by atoms with van der Waals surface area (Å²) in [5, 5.41) is 5.27. The third kappa shape index (κ3) is 4.82. The van der Waals surface area contributed by atoms with Crippen molar-refractivity contribution in [1.82, 2.24) is 10.6 Å². The maximum absolute atomic E-state index is 12.5. The highest BCUT2D eigenvalue weighted by Crippen LogP contribution is 2.27. The average molecular weight is 346 g/mol. The van der Waals surface area contributed by atoms with E-state index >= 15 is 0 Å². The molecule has 0 aliphatic carbocycles. The molecule has 1 aliphatic heterocycles. The molecule has 0 aromatic heterocycles. The van der Waals surface area contributed by atoms with Gasteiger partial charge in [-0.05, 0) is 18.9 Å². The fraction of sp³-hybridized carbons (Fsp3) is 0.389. The molecule has 7 nitrogen and oxygen atoms in total. The molecule has 7 heteroatoms. The van der Waals surface area contributed by atoms with Gasteiger partial charge in [0.05, 0.1) is 23.9 Å². The topological polar surface area (TPSA) is 93.7 Å². The minimum Gasteiger partial charge on any atom is -0.463 e. The number of urea groups is 1. The van der Waals surface area contributed by atoms with Gasteiger partial charge in [-0.25, -0.2) is 9.59 Å². The molecule has 0 saturated carbocycles. The van der Waals surface area contributed by atoms with Crippen molar-refractivity contribution in [3.05, 3.63) is 47.2 Å².